The summed E-state index contributed by atoms with van der Waals surface area (Å²) in [5.74, 6) is -0.288. The zero-order valence-corrected chi connectivity index (χ0v) is 11.0. The number of hydrogen-bond acceptors (Lipinski definition) is 4. The minimum atomic E-state index is -0.288. The molecule has 0 saturated heterocycles. The van der Waals surface area contributed by atoms with E-state index < -0.39 is 0 Å². The first-order valence-corrected chi connectivity index (χ1v) is 6.60. The molecule has 2 rings (SSSR count). The van der Waals surface area contributed by atoms with Crippen LogP contribution in [0.1, 0.15) is 20.8 Å². The number of aryl methyl sites for hydroxylation is 1. The van der Waals surface area contributed by atoms with Gasteiger partial charge < -0.3 is 10.5 Å². The lowest BCUT2D eigenvalue weighted by molar-refractivity contribution is 0.0509. The molecule has 2 aromatic rings. The Morgan fingerprint density at radius 1 is 1.39 bits per heavy atom. The summed E-state index contributed by atoms with van der Waals surface area (Å²) in [6.45, 7) is 2.26. The average molecular weight is 261 g/mol. The molecule has 2 N–H and O–H groups in total. The van der Waals surface area contributed by atoms with Crippen molar-refractivity contribution in [3.05, 3.63) is 51.7 Å². The fourth-order valence-electron chi connectivity index (χ4n) is 1.69. The third kappa shape index (κ3) is 3.11. The Kier molecular flexibility index (Phi) is 3.99. The molecule has 0 atom stereocenters. The summed E-state index contributed by atoms with van der Waals surface area (Å²) < 4.78 is 5.25. The van der Waals surface area contributed by atoms with Gasteiger partial charge in [-0.2, -0.15) is 0 Å². The van der Waals surface area contributed by atoms with E-state index in [0.29, 0.717) is 17.9 Å². The molecule has 0 aliphatic rings. The topological polar surface area (TPSA) is 52.3 Å². The summed E-state index contributed by atoms with van der Waals surface area (Å²) in [7, 11) is 0. The van der Waals surface area contributed by atoms with Crippen molar-refractivity contribution in [1.82, 2.24) is 0 Å². The third-order valence-corrected chi connectivity index (χ3v) is 3.57. The molecule has 3 nitrogen and oxygen atoms in total. The van der Waals surface area contributed by atoms with Crippen LogP contribution < -0.4 is 5.73 Å². The van der Waals surface area contributed by atoms with Crippen molar-refractivity contribution in [2.45, 2.75) is 13.3 Å². The second kappa shape index (κ2) is 5.69. The first kappa shape index (κ1) is 12.6. The molecular weight excluding hydrogens is 246 g/mol. The smallest absolute Gasteiger partial charge is 0.338 e. The highest BCUT2D eigenvalue weighted by atomic mass is 32.1. The SMILES string of the molecule is Cc1cc(N)ccc1C(=O)OCCc1cccs1. The number of anilines is 1. The summed E-state index contributed by atoms with van der Waals surface area (Å²) in [6.07, 6.45) is 0.761. The standard InChI is InChI=1S/C14H15NO2S/c1-10-9-11(15)4-5-13(10)14(16)17-7-6-12-3-2-8-18-12/h2-5,8-9H,6-7,15H2,1H3. The number of benzene rings is 1. The van der Waals surface area contributed by atoms with Gasteiger partial charge in [-0.15, -0.1) is 11.3 Å². The molecule has 1 aromatic heterocycles. The van der Waals surface area contributed by atoms with Crippen LogP contribution in [0, 0.1) is 6.92 Å². The molecule has 0 radical (unpaired) electrons. The van der Waals surface area contributed by atoms with Gasteiger partial charge >= 0.3 is 5.97 Å². The number of ether oxygens (including phenoxy) is 1. The molecule has 1 aromatic carbocycles. The largest absolute Gasteiger partial charge is 0.462 e. The van der Waals surface area contributed by atoms with Crippen LogP contribution in [-0.2, 0) is 11.2 Å². The molecule has 94 valence electrons. The van der Waals surface area contributed by atoms with E-state index in [-0.39, 0.29) is 5.97 Å². The second-order valence-electron chi connectivity index (χ2n) is 4.04. The van der Waals surface area contributed by atoms with Crippen molar-refractivity contribution in [2.24, 2.45) is 0 Å². The van der Waals surface area contributed by atoms with E-state index in [0.717, 1.165) is 12.0 Å². The average Bonchev–Trinajstić information content (AvgIpc) is 2.81. The van der Waals surface area contributed by atoms with E-state index in [2.05, 4.69) is 0 Å². The quantitative estimate of drug-likeness (QED) is 0.680. The summed E-state index contributed by atoms with van der Waals surface area (Å²) >= 11 is 1.67. The van der Waals surface area contributed by atoms with Gasteiger partial charge in [0.25, 0.3) is 0 Å². The molecule has 0 spiro atoms. The number of carbonyl (C=O) groups is 1. The highest BCUT2D eigenvalue weighted by molar-refractivity contribution is 7.09. The van der Waals surface area contributed by atoms with Gasteiger partial charge in [0.2, 0.25) is 0 Å². The van der Waals surface area contributed by atoms with E-state index in [1.807, 2.05) is 24.4 Å². The van der Waals surface area contributed by atoms with Gasteiger partial charge in [-0.1, -0.05) is 6.07 Å². The normalized spacial score (nSPS) is 10.3. The fraction of sp³-hybridized carbons (Fsp3) is 0.214. The zero-order chi connectivity index (χ0) is 13.0. The van der Waals surface area contributed by atoms with Gasteiger partial charge in [-0.25, -0.2) is 4.79 Å². The number of hydrogen-bond donors (Lipinski definition) is 1. The lowest BCUT2D eigenvalue weighted by Gasteiger charge is -2.07. The van der Waals surface area contributed by atoms with Crippen molar-refractivity contribution in [3.63, 3.8) is 0 Å². The Morgan fingerprint density at radius 2 is 2.22 bits per heavy atom. The molecule has 0 fully saturated rings. The van der Waals surface area contributed by atoms with Crippen LogP contribution in [0.5, 0.6) is 0 Å². The molecule has 0 unspecified atom stereocenters. The number of thiophene rings is 1. The molecule has 0 aliphatic carbocycles. The lowest BCUT2D eigenvalue weighted by atomic mass is 10.1. The van der Waals surface area contributed by atoms with Crippen LogP contribution in [-0.4, -0.2) is 12.6 Å². The molecule has 0 saturated carbocycles. The maximum atomic E-state index is 11.8. The minimum absolute atomic E-state index is 0.288. The van der Waals surface area contributed by atoms with Crippen molar-refractivity contribution < 1.29 is 9.53 Å². The number of carbonyl (C=O) groups excluding carboxylic acids is 1. The van der Waals surface area contributed by atoms with Crippen LogP contribution >= 0.6 is 11.3 Å². The van der Waals surface area contributed by atoms with Gasteiger partial charge in [0.05, 0.1) is 12.2 Å². The monoisotopic (exact) mass is 261 g/mol. The summed E-state index contributed by atoms with van der Waals surface area (Å²) in [5.41, 5.74) is 7.72. The predicted octanol–water partition coefficient (Wildman–Crippen LogP) is 3.04. The van der Waals surface area contributed by atoms with Crippen molar-refractivity contribution in [2.75, 3.05) is 12.3 Å². The van der Waals surface area contributed by atoms with E-state index in [1.165, 1.54) is 4.88 Å². The third-order valence-electron chi connectivity index (χ3n) is 2.63. The second-order valence-corrected chi connectivity index (χ2v) is 5.07. The Bertz CT molecular complexity index is 535. The summed E-state index contributed by atoms with van der Waals surface area (Å²) in [6, 6.07) is 9.22. The first-order valence-electron chi connectivity index (χ1n) is 5.72. The molecule has 0 amide bonds. The molecule has 0 aliphatic heterocycles. The number of nitrogen functional groups attached to an aromatic ring is 1. The van der Waals surface area contributed by atoms with Gasteiger partial charge in [0.1, 0.15) is 0 Å². The highest BCUT2D eigenvalue weighted by Gasteiger charge is 2.10. The van der Waals surface area contributed by atoms with Crippen LogP contribution in [0.25, 0.3) is 0 Å². The van der Waals surface area contributed by atoms with Crippen LogP contribution in [0.4, 0.5) is 5.69 Å². The van der Waals surface area contributed by atoms with Gasteiger partial charge in [-0.05, 0) is 42.1 Å². The van der Waals surface area contributed by atoms with Crippen molar-refractivity contribution >= 4 is 23.0 Å². The molecule has 1 heterocycles. The number of nitrogens with two attached hydrogens (primary N) is 1. The van der Waals surface area contributed by atoms with Crippen LogP contribution in [0.2, 0.25) is 0 Å². The lowest BCUT2D eigenvalue weighted by Crippen LogP contribution is -2.09. The van der Waals surface area contributed by atoms with E-state index in [1.54, 1.807) is 29.5 Å². The highest BCUT2D eigenvalue weighted by Crippen LogP contribution is 2.14. The van der Waals surface area contributed by atoms with Gasteiger partial charge in [0.15, 0.2) is 0 Å². The molecule has 0 bridgehead atoms. The molecular formula is C14H15NO2S. The van der Waals surface area contributed by atoms with E-state index in [9.17, 15) is 4.79 Å². The van der Waals surface area contributed by atoms with Crippen molar-refractivity contribution in [1.29, 1.82) is 0 Å². The Balaban J connectivity index is 1.91. The number of esters is 1. The summed E-state index contributed by atoms with van der Waals surface area (Å²) in [4.78, 5) is 13.1. The molecule has 18 heavy (non-hydrogen) atoms. The van der Waals surface area contributed by atoms with Crippen LogP contribution in [0.15, 0.2) is 35.7 Å². The zero-order valence-electron chi connectivity index (χ0n) is 10.2. The van der Waals surface area contributed by atoms with E-state index in [4.69, 9.17) is 10.5 Å². The minimum Gasteiger partial charge on any atom is -0.462 e. The predicted molar refractivity (Wildman–Crippen MR) is 73.9 cm³/mol. The first-order chi connectivity index (χ1) is 8.66. The Labute approximate surface area is 110 Å². The summed E-state index contributed by atoms with van der Waals surface area (Å²) in [5, 5.41) is 2.02. The Morgan fingerprint density at radius 3 is 2.89 bits per heavy atom. The van der Waals surface area contributed by atoms with E-state index >= 15 is 0 Å². The van der Waals surface area contributed by atoms with Crippen LogP contribution in [0.3, 0.4) is 0 Å². The maximum Gasteiger partial charge on any atom is 0.338 e. The van der Waals surface area contributed by atoms with Gasteiger partial charge in [-0.3, -0.25) is 0 Å². The number of rotatable bonds is 4. The maximum absolute atomic E-state index is 11.8. The Hall–Kier alpha value is -1.81. The fourth-order valence-corrected chi connectivity index (χ4v) is 2.38. The van der Waals surface area contributed by atoms with Crippen molar-refractivity contribution in [3.8, 4) is 0 Å². The van der Waals surface area contributed by atoms with Gasteiger partial charge in [0, 0.05) is 17.0 Å². The molecule has 4 heteroatoms.